The van der Waals surface area contributed by atoms with E-state index in [0.29, 0.717) is 5.56 Å². The van der Waals surface area contributed by atoms with Crippen LogP contribution in [0.2, 0.25) is 0 Å². The molecule has 1 unspecified atom stereocenters. The van der Waals surface area contributed by atoms with Crippen molar-refractivity contribution in [2.45, 2.75) is 44.7 Å². The predicted molar refractivity (Wildman–Crippen MR) is 96.5 cm³/mol. The number of carboxylic acids is 1. The van der Waals surface area contributed by atoms with Gasteiger partial charge in [-0.05, 0) is 31.0 Å². The van der Waals surface area contributed by atoms with Crippen molar-refractivity contribution in [3.05, 3.63) is 23.8 Å². The molecule has 0 saturated carbocycles. The highest BCUT2D eigenvalue weighted by Crippen LogP contribution is 2.27. The second kappa shape index (κ2) is 9.58. The number of ether oxygens (including phenoxy) is 1. The molecule has 154 valence electrons. The Morgan fingerprint density at radius 1 is 1.18 bits per heavy atom. The summed E-state index contributed by atoms with van der Waals surface area (Å²) in [7, 11) is 1.15. The first-order valence-electron chi connectivity index (χ1n) is 8.38. The number of phenols is 2. The topological polar surface area (TPSA) is 162 Å². The molecule has 0 radical (unpaired) electrons. The van der Waals surface area contributed by atoms with Crippen LogP contribution in [-0.4, -0.2) is 57.8 Å². The highest BCUT2D eigenvalue weighted by molar-refractivity contribution is 5.88. The van der Waals surface area contributed by atoms with Gasteiger partial charge in [0.05, 0.1) is 7.11 Å². The van der Waals surface area contributed by atoms with Gasteiger partial charge in [0, 0.05) is 19.8 Å². The largest absolute Gasteiger partial charge is 0.504 e. The van der Waals surface area contributed by atoms with Gasteiger partial charge in [0.2, 0.25) is 11.8 Å². The number of esters is 1. The van der Waals surface area contributed by atoms with Crippen molar-refractivity contribution in [3.8, 4) is 11.5 Å². The van der Waals surface area contributed by atoms with Crippen LogP contribution < -0.4 is 10.6 Å². The van der Waals surface area contributed by atoms with Crippen molar-refractivity contribution < 1.29 is 39.2 Å². The van der Waals surface area contributed by atoms with Crippen molar-refractivity contribution in [3.63, 3.8) is 0 Å². The lowest BCUT2D eigenvalue weighted by Gasteiger charge is -2.28. The zero-order chi connectivity index (χ0) is 21.5. The van der Waals surface area contributed by atoms with E-state index in [1.165, 1.54) is 25.1 Å². The average molecular weight is 396 g/mol. The molecule has 0 saturated heterocycles. The van der Waals surface area contributed by atoms with Gasteiger partial charge < -0.3 is 30.7 Å². The fourth-order valence-electron chi connectivity index (χ4n) is 2.63. The van der Waals surface area contributed by atoms with Crippen molar-refractivity contribution in [1.29, 1.82) is 0 Å². The number of carboxylic acid groups (broad SMARTS) is 1. The van der Waals surface area contributed by atoms with Crippen LogP contribution in [0.1, 0.15) is 32.3 Å². The Labute approximate surface area is 161 Å². The number of aromatic hydroxyl groups is 2. The number of methoxy groups -OCH3 is 1. The molecule has 10 heteroatoms. The number of carbonyl (C=O) groups excluding carboxylic acids is 3. The Morgan fingerprint density at radius 3 is 2.32 bits per heavy atom. The molecule has 0 aliphatic carbocycles. The number of phenolic OH excluding ortho intramolecular Hbond substituents is 2. The number of aliphatic carboxylic acids is 1. The SMILES string of the molecule is COC(=O)[C@@](C)(Cc1ccc(O)c(O)c1)NC(=O)CCC(NC(C)=O)C(=O)O. The van der Waals surface area contributed by atoms with Crippen molar-refractivity contribution in [2.24, 2.45) is 0 Å². The van der Waals surface area contributed by atoms with Gasteiger partial charge >= 0.3 is 11.9 Å². The monoisotopic (exact) mass is 396 g/mol. The molecule has 0 fully saturated rings. The zero-order valence-electron chi connectivity index (χ0n) is 15.8. The van der Waals surface area contributed by atoms with Crippen LogP contribution in [0.15, 0.2) is 18.2 Å². The number of carbonyl (C=O) groups is 4. The first-order valence-corrected chi connectivity index (χ1v) is 8.38. The van der Waals surface area contributed by atoms with Crippen LogP contribution in [0.25, 0.3) is 0 Å². The normalized spacial score (nSPS) is 13.7. The molecule has 28 heavy (non-hydrogen) atoms. The van der Waals surface area contributed by atoms with E-state index in [4.69, 9.17) is 9.84 Å². The molecule has 0 bridgehead atoms. The lowest BCUT2D eigenvalue weighted by molar-refractivity contribution is -0.150. The Bertz CT molecular complexity index is 764. The average Bonchev–Trinajstić information content (AvgIpc) is 2.60. The summed E-state index contributed by atoms with van der Waals surface area (Å²) in [5, 5.41) is 32.8. The minimum absolute atomic E-state index is 0.0483. The second-order valence-corrected chi connectivity index (χ2v) is 6.50. The van der Waals surface area contributed by atoms with E-state index in [2.05, 4.69) is 10.6 Å². The minimum atomic E-state index is -1.50. The summed E-state index contributed by atoms with van der Waals surface area (Å²) >= 11 is 0. The van der Waals surface area contributed by atoms with Crippen molar-refractivity contribution >= 4 is 23.8 Å². The molecule has 0 aliphatic heterocycles. The van der Waals surface area contributed by atoms with E-state index in [1.807, 2.05) is 0 Å². The summed E-state index contributed by atoms with van der Waals surface area (Å²) in [6, 6.07) is 2.73. The number of benzene rings is 1. The molecule has 1 aromatic carbocycles. The standard InChI is InChI=1S/C18H24N2O8/c1-10(21)19-12(16(25)26)5-7-15(24)20-18(2,17(27)28-3)9-11-4-6-13(22)14(23)8-11/h4,6,8,12,22-23H,5,7,9H2,1-3H3,(H,19,21)(H,20,24)(H,25,26)/t12?,18-/m1/s1. The van der Waals surface area contributed by atoms with Gasteiger partial charge in [0.1, 0.15) is 11.6 Å². The Hall–Kier alpha value is -3.30. The number of nitrogens with one attached hydrogen (secondary N) is 2. The van der Waals surface area contributed by atoms with Gasteiger partial charge in [-0.3, -0.25) is 9.59 Å². The fraction of sp³-hybridized carbons (Fsp3) is 0.444. The van der Waals surface area contributed by atoms with E-state index in [9.17, 15) is 29.4 Å². The Balaban J connectivity index is 2.88. The first-order chi connectivity index (χ1) is 13.0. The molecule has 0 heterocycles. The van der Waals surface area contributed by atoms with Crippen LogP contribution in [0, 0.1) is 0 Å². The predicted octanol–water partition coefficient (Wildman–Crippen LogP) is 0.0577. The first kappa shape index (κ1) is 22.7. The summed E-state index contributed by atoms with van der Waals surface area (Å²) in [5.74, 6) is -3.89. The van der Waals surface area contributed by atoms with E-state index in [1.54, 1.807) is 0 Å². The molecule has 5 N–H and O–H groups in total. The summed E-state index contributed by atoms with van der Waals surface area (Å²) in [6.45, 7) is 2.58. The molecule has 10 nitrogen and oxygen atoms in total. The van der Waals surface area contributed by atoms with Gasteiger partial charge in [0.25, 0.3) is 0 Å². The summed E-state index contributed by atoms with van der Waals surface area (Å²) < 4.78 is 4.74. The maximum absolute atomic E-state index is 12.3. The molecule has 2 amide bonds. The third kappa shape index (κ3) is 6.45. The number of hydrogen-bond acceptors (Lipinski definition) is 7. The van der Waals surface area contributed by atoms with Crippen LogP contribution in [0.3, 0.4) is 0 Å². The summed E-state index contributed by atoms with van der Waals surface area (Å²) in [6.07, 6.45) is -0.476. The molecule has 1 rings (SSSR count). The third-order valence-corrected chi connectivity index (χ3v) is 3.98. The Morgan fingerprint density at radius 2 is 1.82 bits per heavy atom. The molecule has 1 aromatic rings. The van der Waals surface area contributed by atoms with E-state index < -0.39 is 35.3 Å². The van der Waals surface area contributed by atoms with Gasteiger partial charge in [-0.15, -0.1) is 0 Å². The fourth-order valence-corrected chi connectivity index (χ4v) is 2.63. The summed E-state index contributed by atoms with van der Waals surface area (Å²) in [4.78, 5) is 46.7. The maximum atomic E-state index is 12.3. The number of hydrogen-bond donors (Lipinski definition) is 5. The van der Waals surface area contributed by atoms with Crippen LogP contribution in [-0.2, 0) is 30.3 Å². The lowest BCUT2D eigenvalue weighted by atomic mass is 9.92. The lowest BCUT2D eigenvalue weighted by Crippen LogP contribution is -2.54. The van der Waals surface area contributed by atoms with Crippen LogP contribution in [0.5, 0.6) is 11.5 Å². The quantitative estimate of drug-likeness (QED) is 0.289. The van der Waals surface area contributed by atoms with Gasteiger partial charge in [0.15, 0.2) is 11.5 Å². The van der Waals surface area contributed by atoms with Crippen LogP contribution in [0.4, 0.5) is 0 Å². The molecule has 0 spiro atoms. The zero-order valence-corrected chi connectivity index (χ0v) is 15.8. The summed E-state index contributed by atoms with van der Waals surface area (Å²) in [5.41, 5.74) is -1.05. The molecule has 2 atom stereocenters. The van der Waals surface area contributed by atoms with E-state index >= 15 is 0 Å². The number of rotatable bonds is 9. The molecule has 0 aromatic heterocycles. The minimum Gasteiger partial charge on any atom is -0.504 e. The molecular formula is C18H24N2O8. The number of amides is 2. The molecule has 0 aliphatic rings. The van der Waals surface area contributed by atoms with E-state index in [0.717, 1.165) is 14.0 Å². The second-order valence-electron chi connectivity index (χ2n) is 6.50. The third-order valence-electron chi connectivity index (χ3n) is 3.98. The van der Waals surface area contributed by atoms with Crippen molar-refractivity contribution in [1.82, 2.24) is 10.6 Å². The van der Waals surface area contributed by atoms with Gasteiger partial charge in [-0.25, -0.2) is 9.59 Å². The van der Waals surface area contributed by atoms with Gasteiger partial charge in [-0.2, -0.15) is 0 Å². The van der Waals surface area contributed by atoms with Crippen molar-refractivity contribution in [2.75, 3.05) is 7.11 Å². The van der Waals surface area contributed by atoms with Crippen LogP contribution >= 0.6 is 0 Å². The Kier molecular flexibility index (Phi) is 7.78. The van der Waals surface area contributed by atoms with E-state index in [-0.39, 0.29) is 30.8 Å². The van der Waals surface area contributed by atoms with Gasteiger partial charge in [-0.1, -0.05) is 6.07 Å². The highest BCUT2D eigenvalue weighted by Gasteiger charge is 2.36. The maximum Gasteiger partial charge on any atom is 0.331 e. The smallest absolute Gasteiger partial charge is 0.331 e. The highest BCUT2D eigenvalue weighted by atomic mass is 16.5. The molecular weight excluding hydrogens is 372 g/mol.